The number of nitrogens with two attached hydrogens (primary N) is 2. The molecule has 1 fully saturated rings. The minimum atomic E-state index is -0.599. The maximum Gasteiger partial charge on any atom is 0.321 e. The number of urea groups is 1. The van der Waals surface area contributed by atoms with Crippen LogP contribution < -0.4 is 22.1 Å². The molecule has 90 valence electrons. The van der Waals surface area contributed by atoms with Crippen LogP contribution in [0.5, 0.6) is 0 Å². The summed E-state index contributed by atoms with van der Waals surface area (Å²) in [5.74, 6) is 0.421. The van der Waals surface area contributed by atoms with E-state index in [0.717, 1.165) is 5.56 Å². The Morgan fingerprint density at radius 1 is 1.24 bits per heavy atom. The summed E-state index contributed by atoms with van der Waals surface area (Å²) >= 11 is 0. The fourth-order valence-electron chi connectivity index (χ4n) is 1.55. The van der Waals surface area contributed by atoms with Crippen molar-refractivity contribution in [2.75, 3.05) is 0 Å². The van der Waals surface area contributed by atoms with Crippen LogP contribution in [0.1, 0.15) is 5.56 Å². The van der Waals surface area contributed by atoms with Gasteiger partial charge in [-0.05, 0) is 5.56 Å². The Hall–Kier alpha value is -1.92. The monoisotopic (exact) mass is 233 g/mol. The molecular formula is C11H15N5O. The van der Waals surface area contributed by atoms with Crippen LogP contribution in [0, 0.1) is 0 Å². The number of benzene rings is 1. The van der Waals surface area contributed by atoms with Gasteiger partial charge in [0.2, 0.25) is 0 Å². The molecule has 1 heterocycles. The molecule has 1 aliphatic rings. The summed E-state index contributed by atoms with van der Waals surface area (Å²) in [5, 5.41) is 5.04. The van der Waals surface area contributed by atoms with Gasteiger partial charge in [0.15, 0.2) is 0 Å². The third-order valence-corrected chi connectivity index (χ3v) is 2.52. The van der Waals surface area contributed by atoms with Crippen LogP contribution in [0.25, 0.3) is 0 Å². The molecule has 0 saturated carbocycles. The molecule has 2 amide bonds. The summed E-state index contributed by atoms with van der Waals surface area (Å²) in [7, 11) is 0. The van der Waals surface area contributed by atoms with Crippen LogP contribution in [0.4, 0.5) is 4.79 Å². The standard InChI is InChI=1S/C11H15N5O/c12-8-9(13)15-11(17)16-10(8)14-6-7-4-2-1-3-5-7/h1-5,8-9H,6,12-13H2,(H2,14,15,16,17). The Kier molecular flexibility index (Phi) is 3.36. The average Bonchev–Trinajstić information content (AvgIpc) is 2.33. The van der Waals surface area contributed by atoms with E-state index < -0.39 is 12.2 Å². The maximum absolute atomic E-state index is 11.2. The number of hydrogen-bond donors (Lipinski definition) is 4. The van der Waals surface area contributed by atoms with Gasteiger partial charge in [-0.3, -0.25) is 10.3 Å². The number of amides is 2. The maximum atomic E-state index is 11.2. The first-order chi connectivity index (χ1) is 8.16. The van der Waals surface area contributed by atoms with Crippen molar-refractivity contribution >= 4 is 11.9 Å². The number of carbonyl (C=O) groups is 1. The molecule has 0 spiro atoms. The number of aliphatic imine (C=N–C) groups is 1. The fourth-order valence-corrected chi connectivity index (χ4v) is 1.55. The Bertz CT molecular complexity index is 431. The molecule has 1 saturated heterocycles. The summed E-state index contributed by atoms with van der Waals surface area (Å²) < 4.78 is 0. The van der Waals surface area contributed by atoms with Crippen molar-refractivity contribution in [3.05, 3.63) is 35.9 Å². The first kappa shape index (κ1) is 11.6. The van der Waals surface area contributed by atoms with Crippen LogP contribution in [-0.2, 0) is 6.54 Å². The lowest BCUT2D eigenvalue weighted by Gasteiger charge is -2.28. The van der Waals surface area contributed by atoms with Gasteiger partial charge in [0.05, 0.1) is 12.6 Å². The normalized spacial score (nSPS) is 26.5. The molecule has 17 heavy (non-hydrogen) atoms. The van der Waals surface area contributed by atoms with E-state index in [1.54, 1.807) is 0 Å². The van der Waals surface area contributed by atoms with Gasteiger partial charge in [0.25, 0.3) is 0 Å². The Labute approximate surface area is 99.1 Å². The summed E-state index contributed by atoms with van der Waals surface area (Å²) in [6.07, 6.45) is -0.599. The molecule has 0 radical (unpaired) electrons. The lowest BCUT2D eigenvalue weighted by atomic mass is 10.2. The molecule has 0 aliphatic carbocycles. The van der Waals surface area contributed by atoms with E-state index in [9.17, 15) is 4.79 Å². The van der Waals surface area contributed by atoms with E-state index in [4.69, 9.17) is 11.5 Å². The summed E-state index contributed by atoms with van der Waals surface area (Å²) in [6, 6.07) is 8.84. The van der Waals surface area contributed by atoms with Crippen LogP contribution in [0.15, 0.2) is 35.3 Å². The van der Waals surface area contributed by atoms with Gasteiger partial charge in [-0.1, -0.05) is 30.3 Å². The average molecular weight is 233 g/mol. The van der Waals surface area contributed by atoms with Crippen molar-refractivity contribution < 1.29 is 4.79 Å². The Balaban J connectivity index is 2.08. The largest absolute Gasteiger partial charge is 0.321 e. The van der Waals surface area contributed by atoms with E-state index in [1.807, 2.05) is 30.3 Å². The minimum absolute atomic E-state index is 0.369. The number of nitrogens with zero attached hydrogens (tertiary/aromatic N) is 1. The zero-order valence-corrected chi connectivity index (χ0v) is 9.26. The molecule has 6 N–H and O–H groups in total. The van der Waals surface area contributed by atoms with Gasteiger partial charge in [-0.15, -0.1) is 0 Å². The van der Waals surface area contributed by atoms with Crippen molar-refractivity contribution in [3.63, 3.8) is 0 Å². The molecule has 6 nitrogen and oxygen atoms in total. The first-order valence-corrected chi connectivity index (χ1v) is 5.34. The van der Waals surface area contributed by atoms with Crippen molar-refractivity contribution in [3.8, 4) is 0 Å². The lowest BCUT2D eigenvalue weighted by molar-refractivity contribution is 0.237. The van der Waals surface area contributed by atoms with E-state index in [2.05, 4.69) is 15.6 Å². The zero-order chi connectivity index (χ0) is 12.3. The van der Waals surface area contributed by atoms with E-state index in [0.29, 0.717) is 12.4 Å². The molecule has 2 unspecified atom stereocenters. The highest BCUT2D eigenvalue weighted by atomic mass is 16.2. The second-order valence-corrected chi connectivity index (χ2v) is 3.84. The molecule has 0 bridgehead atoms. The van der Waals surface area contributed by atoms with Gasteiger partial charge < -0.3 is 16.8 Å². The lowest BCUT2D eigenvalue weighted by Crippen LogP contribution is -2.67. The molecule has 6 heteroatoms. The molecule has 0 aromatic heterocycles. The van der Waals surface area contributed by atoms with E-state index in [1.165, 1.54) is 0 Å². The van der Waals surface area contributed by atoms with Crippen LogP contribution in [0.3, 0.4) is 0 Å². The highest BCUT2D eigenvalue weighted by Crippen LogP contribution is 2.02. The number of hydrogen-bond acceptors (Lipinski definition) is 4. The van der Waals surface area contributed by atoms with Gasteiger partial charge in [0, 0.05) is 0 Å². The molecule has 2 atom stereocenters. The molecule has 1 aromatic rings. The quantitative estimate of drug-likeness (QED) is 0.554. The third-order valence-electron chi connectivity index (χ3n) is 2.52. The number of amidine groups is 1. The predicted octanol–water partition coefficient (Wildman–Crippen LogP) is -0.490. The minimum Gasteiger partial charge on any atom is -0.321 e. The van der Waals surface area contributed by atoms with E-state index in [-0.39, 0.29) is 6.03 Å². The zero-order valence-electron chi connectivity index (χ0n) is 9.26. The van der Waals surface area contributed by atoms with Gasteiger partial charge in [-0.2, -0.15) is 0 Å². The SMILES string of the molecule is NC1NC(=O)NC(=NCc2ccccc2)C1N. The molecule has 1 aliphatic heterocycles. The van der Waals surface area contributed by atoms with Gasteiger partial charge >= 0.3 is 6.03 Å². The van der Waals surface area contributed by atoms with Crippen molar-refractivity contribution in [2.24, 2.45) is 16.5 Å². The molecule has 2 rings (SSSR count). The molecule has 1 aromatic carbocycles. The number of carbonyl (C=O) groups excluding carboxylic acids is 1. The second-order valence-electron chi connectivity index (χ2n) is 3.84. The highest BCUT2D eigenvalue weighted by molar-refractivity contribution is 6.03. The van der Waals surface area contributed by atoms with E-state index >= 15 is 0 Å². The Morgan fingerprint density at radius 3 is 2.65 bits per heavy atom. The highest BCUT2D eigenvalue weighted by Gasteiger charge is 2.27. The topological polar surface area (TPSA) is 106 Å². The first-order valence-electron chi connectivity index (χ1n) is 5.34. The third kappa shape index (κ3) is 2.80. The predicted molar refractivity (Wildman–Crippen MR) is 65.2 cm³/mol. The van der Waals surface area contributed by atoms with Crippen molar-refractivity contribution in [2.45, 2.75) is 18.8 Å². The number of rotatable bonds is 2. The Morgan fingerprint density at radius 2 is 1.94 bits per heavy atom. The van der Waals surface area contributed by atoms with Gasteiger partial charge in [0.1, 0.15) is 12.0 Å². The summed E-state index contributed by atoms with van der Waals surface area (Å²) in [6.45, 7) is 0.469. The number of nitrogens with one attached hydrogen (secondary N) is 2. The summed E-state index contributed by atoms with van der Waals surface area (Å²) in [5.41, 5.74) is 12.5. The van der Waals surface area contributed by atoms with Crippen LogP contribution >= 0.6 is 0 Å². The smallest absolute Gasteiger partial charge is 0.321 e. The summed E-state index contributed by atoms with van der Waals surface area (Å²) in [4.78, 5) is 15.5. The molecular weight excluding hydrogens is 218 g/mol. The van der Waals surface area contributed by atoms with Crippen LogP contribution in [-0.4, -0.2) is 24.1 Å². The van der Waals surface area contributed by atoms with Gasteiger partial charge in [-0.25, -0.2) is 4.79 Å². The second kappa shape index (κ2) is 4.94. The van der Waals surface area contributed by atoms with Crippen LogP contribution in [0.2, 0.25) is 0 Å². The van der Waals surface area contributed by atoms with Crippen molar-refractivity contribution in [1.29, 1.82) is 0 Å². The van der Waals surface area contributed by atoms with Crippen molar-refractivity contribution in [1.82, 2.24) is 10.6 Å². The fraction of sp³-hybridized carbons (Fsp3) is 0.273.